The lowest BCUT2D eigenvalue weighted by Gasteiger charge is -2.20. The van der Waals surface area contributed by atoms with Gasteiger partial charge >= 0.3 is 0 Å². The average molecular weight is 392 g/mol. The van der Waals surface area contributed by atoms with Gasteiger partial charge in [0.1, 0.15) is 11.5 Å². The Hall–Kier alpha value is -2.58. The summed E-state index contributed by atoms with van der Waals surface area (Å²) in [4.78, 5) is 12.4. The van der Waals surface area contributed by atoms with Gasteiger partial charge in [-0.15, -0.1) is 0 Å². The predicted octanol–water partition coefficient (Wildman–Crippen LogP) is 2.15. The molecule has 8 heteroatoms. The standard InChI is InChI=1S/C19H24N2O5S/c1-25-16-8-6-7-15(13-16)11-12-21(27(3,23)24)14-19(22)20-17-9-4-5-10-18(17)26-2/h4-10,13H,11-12,14H2,1-3H3,(H,20,22). The van der Waals surface area contributed by atoms with Gasteiger partial charge in [0, 0.05) is 6.54 Å². The van der Waals surface area contributed by atoms with Gasteiger partial charge in [-0.2, -0.15) is 4.31 Å². The number of anilines is 1. The highest BCUT2D eigenvalue weighted by Crippen LogP contribution is 2.23. The molecule has 0 saturated carbocycles. The van der Waals surface area contributed by atoms with Crippen molar-refractivity contribution in [3.8, 4) is 11.5 Å². The van der Waals surface area contributed by atoms with E-state index in [1.165, 1.54) is 7.11 Å². The van der Waals surface area contributed by atoms with E-state index in [2.05, 4.69) is 5.32 Å². The first-order valence-corrected chi connectivity index (χ1v) is 10.2. The van der Waals surface area contributed by atoms with Crippen LogP contribution in [0.3, 0.4) is 0 Å². The average Bonchev–Trinajstić information content (AvgIpc) is 2.64. The molecule has 0 spiro atoms. The van der Waals surface area contributed by atoms with Gasteiger partial charge in [-0.25, -0.2) is 8.42 Å². The number of hydrogen-bond donors (Lipinski definition) is 1. The Labute approximate surface area is 160 Å². The topological polar surface area (TPSA) is 84.9 Å². The van der Waals surface area contributed by atoms with Gasteiger partial charge < -0.3 is 14.8 Å². The summed E-state index contributed by atoms with van der Waals surface area (Å²) in [5, 5.41) is 2.69. The number of para-hydroxylation sites is 2. The van der Waals surface area contributed by atoms with Crippen LogP contribution in [0.1, 0.15) is 5.56 Å². The molecular weight excluding hydrogens is 368 g/mol. The lowest BCUT2D eigenvalue weighted by Crippen LogP contribution is -2.38. The molecule has 0 atom stereocenters. The molecule has 0 unspecified atom stereocenters. The summed E-state index contributed by atoms with van der Waals surface area (Å²) in [6, 6.07) is 14.3. The zero-order valence-corrected chi connectivity index (χ0v) is 16.5. The van der Waals surface area contributed by atoms with Gasteiger partial charge in [-0.3, -0.25) is 4.79 Å². The summed E-state index contributed by atoms with van der Waals surface area (Å²) < 4.78 is 35.7. The third-order valence-electron chi connectivity index (χ3n) is 3.95. The second-order valence-corrected chi connectivity index (χ2v) is 7.93. The van der Waals surface area contributed by atoms with Crippen LogP contribution in [0.4, 0.5) is 5.69 Å². The molecule has 27 heavy (non-hydrogen) atoms. The third-order valence-corrected chi connectivity index (χ3v) is 5.20. The van der Waals surface area contributed by atoms with Crippen LogP contribution in [0.2, 0.25) is 0 Å². The Morgan fingerprint density at radius 3 is 2.48 bits per heavy atom. The summed E-state index contributed by atoms with van der Waals surface area (Å²) in [5.74, 6) is 0.774. The van der Waals surface area contributed by atoms with E-state index in [1.54, 1.807) is 31.4 Å². The van der Waals surface area contributed by atoms with Crippen LogP contribution < -0.4 is 14.8 Å². The maximum Gasteiger partial charge on any atom is 0.239 e. The van der Waals surface area contributed by atoms with E-state index >= 15 is 0 Å². The fourth-order valence-corrected chi connectivity index (χ4v) is 3.32. The Kier molecular flexibility index (Phi) is 7.20. The van der Waals surface area contributed by atoms with E-state index in [9.17, 15) is 13.2 Å². The number of hydrogen-bond acceptors (Lipinski definition) is 5. The third kappa shape index (κ3) is 6.26. The molecule has 2 aromatic carbocycles. The van der Waals surface area contributed by atoms with Crippen molar-refractivity contribution in [1.29, 1.82) is 0 Å². The van der Waals surface area contributed by atoms with Crippen molar-refractivity contribution in [3.05, 3.63) is 54.1 Å². The van der Waals surface area contributed by atoms with E-state index in [-0.39, 0.29) is 13.1 Å². The molecule has 1 amide bonds. The molecule has 7 nitrogen and oxygen atoms in total. The molecule has 0 aliphatic carbocycles. The van der Waals surface area contributed by atoms with Crippen molar-refractivity contribution in [2.24, 2.45) is 0 Å². The lowest BCUT2D eigenvalue weighted by molar-refractivity contribution is -0.116. The Morgan fingerprint density at radius 2 is 1.81 bits per heavy atom. The number of amides is 1. The zero-order valence-electron chi connectivity index (χ0n) is 15.6. The Balaban J connectivity index is 2.04. The molecule has 146 valence electrons. The molecule has 0 saturated heterocycles. The summed E-state index contributed by atoms with van der Waals surface area (Å²) in [5.41, 5.74) is 1.42. The molecule has 0 aliphatic heterocycles. The maximum absolute atomic E-state index is 12.4. The van der Waals surface area contributed by atoms with Crippen LogP contribution in [-0.4, -0.2) is 52.2 Å². The number of benzene rings is 2. The highest BCUT2D eigenvalue weighted by Gasteiger charge is 2.20. The number of nitrogens with one attached hydrogen (secondary N) is 1. The molecule has 0 bridgehead atoms. The molecular formula is C19H24N2O5S. The second-order valence-electron chi connectivity index (χ2n) is 5.95. The van der Waals surface area contributed by atoms with Gasteiger partial charge in [0.25, 0.3) is 0 Å². The normalized spacial score (nSPS) is 11.3. The fourth-order valence-electron chi connectivity index (χ4n) is 2.54. The Bertz CT molecular complexity index is 883. The number of carbonyl (C=O) groups excluding carboxylic acids is 1. The van der Waals surface area contributed by atoms with Gasteiger partial charge in [-0.05, 0) is 36.2 Å². The predicted molar refractivity (Wildman–Crippen MR) is 105 cm³/mol. The molecule has 0 radical (unpaired) electrons. The number of methoxy groups -OCH3 is 2. The highest BCUT2D eigenvalue weighted by molar-refractivity contribution is 7.88. The smallest absolute Gasteiger partial charge is 0.239 e. The largest absolute Gasteiger partial charge is 0.497 e. The van der Waals surface area contributed by atoms with Crippen LogP contribution in [0.25, 0.3) is 0 Å². The summed E-state index contributed by atoms with van der Waals surface area (Å²) in [6.07, 6.45) is 1.56. The fraction of sp³-hybridized carbons (Fsp3) is 0.316. The zero-order chi connectivity index (χ0) is 19.9. The summed E-state index contributed by atoms with van der Waals surface area (Å²) in [6.45, 7) is -0.0911. The van der Waals surface area contributed by atoms with Gasteiger partial charge in [0.05, 0.1) is 32.7 Å². The van der Waals surface area contributed by atoms with E-state index in [1.807, 2.05) is 24.3 Å². The molecule has 2 rings (SSSR count). The van der Waals surface area contributed by atoms with E-state index in [0.717, 1.165) is 16.1 Å². The van der Waals surface area contributed by atoms with Crippen LogP contribution in [0, 0.1) is 0 Å². The number of nitrogens with zero attached hydrogens (tertiary/aromatic N) is 1. The maximum atomic E-state index is 12.4. The lowest BCUT2D eigenvalue weighted by atomic mass is 10.1. The highest BCUT2D eigenvalue weighted by atomic mass is 32.2. The first-order chi connectivity index (χ1) is 12.8. The SMILES string of the molecule is COc1cccc(CCN(CC(=O)Nc2ccccc2OC)S(C)(=O)=O)c1. The molecule has 0 aliphatic rings. The van der Waals surface area contributed by atoms with Crippen molar-refractivity contribution in [2.75, 3.05) is 38.9 Å². The van der Waals surface area contributed by atoms with Crippen molar-refractivity contribution in [2.45, 2.75) is 6.42 Å². The first-order valence-electron chi connectivity index (χ1n) is 8.34. The number of carbonyl (C=O) groups is 1. The number of sulfonamides is 1. The minimum atomic E-state index is -3.54. The van der Waals surface area contributed by atoms with Gasteiger partial charge in [0.15, 0.2) is 0 Å². The van der Waals surface area contributed by atoms with Crippen molar-refractivity contribution < 1.29 is 22.7 Å². The number of ether oxygens (including phenoxy) is 2. The minimum absolute atomic E-state index is 0.186. The van der Waals surface area contributed by atoms with Gasteiger partial charge in [-0.1, -0.05) is 24.3 Å². The van der Waals surface area contributed by atoms with Crippen molar-refractivity contribution in [3.63, 3.8) is 0 Å². The number of rotatable bonds is 9. The molecule has 0 heterocycles. The molecule has 0 fully saturated rings. The molecule has 1 N–H and O–H groups in total. The van der Waals surface area contributed by atoms with E-state index in [4.69, 9.17) is 9.47 Å². The second kappa shape index (κ2) is 9.38. The quantitative estimate of drug-likeness (QED) is 0.707. The molecule has 2 aromatic rings. The van der Waals surface area contributed by atoms with Gasteiger partial charge in [0.2, 0.25) is 15.9 Å². The van der Waals surface area contributed by atoms with Crippen LogP contribution in [0.5, 0.6) is 11.5 Å². The van der Waals surface area contributed by atoms with Crippen LogP contribution in [-0.2, 0) is 21.2 Å². The molecule has 0 aromatic heterocycles. The Morgan fingerprint density at radius 1 is 1.07 bits per heavy atom. The monoisotopic (exact) mass is 392 g/mol. The van der Waals surface area contributed by atoms with E-state index < -0.39 is 15.9 Å². The van der Waals surface area contributed by atoms with Crippen LogP contribution >= 0.6 is 0 Å². The summed E-state index contributed by atoms with van der Waals surface area (Å²) in [7, 11) is -0.468. The summed E-state index contributed by atoms with van der Waals surface area (Å²) >= 11 is 0. The van der Waals surface area contributed by atoms with E-state index in [0.29, 0.717) is 23.6 Å². The van der Waals surface area contributed by atoms with Crippen LogP contribution in [0.15, 0.2) is 48.5 Å². The minimum Gasteiger partial charge on any atom is -0.497 e. The van der Waals surface area contributed by atoms with Crippen molar-refractivity contribution in [1.82, 2.24) is 4.31 Å². The van der Waals surface area contributed by atoms with Crippen molar-refractivity contribution >= 4 is 21.6 Å². The first kappa shape index (κ1) is 20.7.